The van der Waals surface area contributed by atoms with Crippen LogP contribution in [-0.2, 0) is 0 Å². The van der Waals surface area contributed by atoms with E-state index in [-0.39, 0.29) is 0 Å². The first-order valence-electron chi connectivity index (χ1n) is 19.0. The van der Waals surface area contributed by atoms with Crippen LogP contribution >= 0.6 is 0 Å². The minimum absolute atomic E-state index is 0.584. The molecule has 0 unspecified atom stereocenters. The number of para-hydroxylation sites is 3. The van der Waals surface area contributed by atoms with E-state index in [1.54, 1.807) is 0 Å². The molecule has 266 valence electrons. The summed E-state index contributed by atoms with van der Waals surface area (Å²) < 4.78 is 15.8. The van der Waals surface area contributed by atoms with Gasteiger partial charge in [0.1, 0.15) is 22.3 Å². The molecule has 0 atom stereocenters. The highest BCUT2D eigenvalue weighted by molar-refractivity contribution is 6.18. The lowest BCUT2D eigenvalue weighted by atomic mass is 9.97. The van der Waals surface area contributed by atoms with Crippen LogP contribution in [0.4, 0.5) is 0 Å². The van der Waals surface area contributed by atoms with Crippen molar-refractivity contribution in [2.24, 2.45) is 0 Å². The zero-order valence-corrected chi connectivity index (χ0v) is 30.4. The van der Waals surface area contributed by atoms with Crippen LogP contribution in [0.3, 0.4) is 0 Å². The molecule has 0 aliphatic rings. The van der Waals surface area contributed by atoms with Crippen LogP contribution in [0, 0.1) is 0 Å². The molecule has 57 heavy (non-hydrogen) atoms. The predicted molar refractivity (Wildman–Crippen MR) is 230 cm³/mol. The van der Waals surface area contributed by atoms with Crippen LogP contribution in [0.25, 0.3) is 117 Å². The molecule has 12 aromatic rings. The van der Waals surface area contributed by atoms with Crippen molar-refractivity contribution in [1.82, 2.24) is 19.5 Å². The SMILES string of the molecule is c1ccc(-c2nc(-c3ccccc3)nc(-c3ccc4c(c3)oc3c(-c5cccc6oc7cc(-n8c9ccccc9c9ccccc98)ccc7c56)cccc34)n2)cc1. The van der Waals surface area contributed by atoms with E-state index in [1.165, 1.54) is 21.8 Å². The molecule has 0 aliphatic carbocycles. The molecule has 6 nitrogen and oxygen atoms in total. The summed E-state index contributed by atoms with van der Waals surface area (Å²) in [5.74, 6) is 1.82. The van der Waals surface area contributed by atoms with E-state index in [9.17, 15) is 0 Å². The predicted octanol–water partition coefficient (Wildman–Crippen LogP) is 13.4. The molecule has 0 amide bonds. The van der Waals surface area contributed by atoms with E-state index in [4.69, 9.17) is 23.8 Å². The highest BCUT2D eigenvalue weighted by atomic mass is 16.3. The lowest BCUT2D eigenvalue weighted by molar-refractivity contribution is 0.668. The average Bonchev–Trinajstić information content (AvgIpc) is 3.96. The molecule has 6 heteroatoms. The van der Waals surface area contributed by atoms with Crippen molar-refractivity contribution in [3.8, 4) is 51.0 Å². The van der Waals surface area contributed by atoms with Crippen molar-refractivity contribution in [2.45, 2.75) is 0 Å². The van der Waals surface area contributed by atoms with Crippen molar-refractivity contribution in [3.05, 3.63) is 182 Å². The number of fused-ring (bicyclic) bond motifs is 9. The summed E-state index contributed by atoms with van der Waals surface area (Å²) in [5.41, 5.74) is 11.4. The molecular formula is C51H30N4O2. The fourth-order valence-corrected chi connectivity index (χ4v) is 8.47. The number of rotatable bonds is 5. The van der Waals surface area contributed by atoms with Crippen LogP contribution < -0.4 is 0 Å². The molecule has 0 spiro atoms. The second-order valence-electron chi connectivity index (χ2n) is 14.4. The maximum Gasteiger partial charge on any atom is 0.164 e. The van der Waals surface area contributed by atoms with E-state index in [0.717, 1.165) is 77.4 Å². The van der Waals surface area contributed by atoms with Crippen LogP contribution in [0.15, 0.2) is 191 Å². The lowest BCUT2D eigenvalue weighted by Gasteiger charge is -2.08. The summed E-state index contributed by atoms with van der Waals surface area (Å²) in [7, 11) is 0. The molecule has 0 saturated carbocycles. The van der Waals surface area contributed by atoms with Gasteiger partial charge in [-0.1, -0.05) is 133 Å². The second-order valence-corrected chi connectivity index (χ2v) is 14.4. The topological polar surface area (TPSA) is 69.9 Å². The van der Waals surface area contributed by atoms with Gasteiger partial charge in [-0.25, -0.2) is 15.0 Å². The first-order valence-corrected chi connectivity index (χ1v) is 19.0. The molecule has 0 radical (unpaired) electrons. The molecule has 8 aromatic carbocycles. The molecule has 0 bridgehead atoms. The number of furan rings is 2. The molecule has 4 aromatic heterocycles. The molecule has 0 saturated heterocycles. The molecule has 4 heterocycles. The summed E-state index contributed by atoms with van der Waals surface area (Å²) in [6, 6.07) is 62.6. The Morgan fingerprint density at radius 2 is 0.912 bits per heavy atom. The van der Waals surface area contributed by atoms with Crippen molar-refractivity contribution in [1.29, 1.82) is 0 Å². The molecule has 12 rings (SSSR count). The Labute approximate surface area is 325 Å². The van der Waals surface area contributed by atoms with Gasteiger partial charge in [-0.05, 0) is 48.0 Å². The van der Waals surface area contributed by atoms with Gasteiger partial charge in [0.2, 0.25) is 0 Å². The van der Waals surface area contributed by atoms with E-state index < -0.39 is 0 Å². The fraction of sp³-hybridized carbons (Fsp3) is 0. The standard InChI is InChI=1S/C51H30N4O2/c1-3-13-31(14-4-1)49-52-50(32-15-5-2-6-16-32)54-51(53-49)33-25-27-37-39-20-11-21-40(48(39)57-45(37)29-33)38-19-12-24-44-47(38)41-28-26-34(30-46(41)56-44)55-42-22-9-7-17-35(42)36-18-8-10-23-43(36)55/h1-30H. The third kappa shape index (κ3) is 4.94. The number of nitrogens with zero attached hydrogens (tertiary/aromatic N) is 4. The summed E-state index contributed by atoms with van der Waals surface area (Å²) in [6.07, 6.45) is 0. The van der Waals surface area contributed by atoms with Gasteiger partial charge in [0.15, 0.2) is 17.5 Å². The van der Waals surface area contributed by atoms with Gasteiger partial charge in [0.25, 0.3) is 0 Å². The molecule has 0 N–H and O–H groups in total. The number of hydrogen-bond donors (Lipinski definition) is 0. The van der Waals surface area contributed by atoms with Gasteiger partial charge in [-0.3, -0.25) is 0 Å². The minimum Gasteiger partial charge on any atom is -0.456 e. The lowest BCUT2D eigenvalue weighted by Crippen LogP contribution is -2.00. The number of aromatic nitrogens is 4. The van der Waals surface area contributed by atoms with Crippen LogP contribution in [0.5, 0.6) is 0 Å². The van der Waals surface area contributed by atoms with Crippen molar-refractivity contribution < 1.29 is 8.83 Å². The zero-order chi connectivity index (χ0) is 37.5. The van der Waals surface area contributed by atoms with Crippen LogP contribution in [-0.4, -0.2) is 19.5 Å². The Bertz CT molecular complexity index is 3410. The Hall–Kier alpha value is -7.83. The second kappa shape index (κ2) is 12.3. The quantitative estimate of drug-likeness (QED) is 0.176. The highest BCUT2D eigenvalue weighted by Crippen LogP contribution is 2.43. The van der Waals surface area contributed by atoms with Crippen LogP contribution in [0.1, 0.15) is 0 Å². The van der Waals surface area contributed by atoms with Gasteiger partial charge >= 0.3 is 0 Å². The third-order valence-corrected chi connectivity index (χ3v) is 11.1. The smallest absolute Gasteiger partial charge is 0.164 e. The first kappa shape index (κ1) is 31.5. The van der Waals surface area contributed by atoms with Crippen molar-refractivity contribution in [3.63, 3.8) is 0 Å². The van der Waals surface area contributed by atoms with E-state index in [2.05, 4.69) is 114 Å². The maximum absolute atomic E-state index is 6.81. The van der Waals surface area contributed by atoms with Gasteiger partial charge in [0, 0.05) is 66.3 Å². The van der Waals surface area contributed by atoms with Crippen molar-refractivity contribution in [2.75, 3.05) is 0 Å². The summed E-state index contributed by atoms with van der Waals surface area (Å²) >= 11 is 0. The van der Waals surface area contributed by atoms with E-state index >= 15 is 0 Å². The monoisotopic (exact) mass is 730 g/mol. The molecule has 0 fully saturated rings. The normalized spacial score (nSPS) is 11.9. The minimum atomic E-state index is 0.584. The van der Waals surface area contributed by atoms with E-state index in [1.807, 2.05) is 72.8 Å². The zero-order valence-electron chi connectivity index (χ0n) is 30.4. The first-order chi connectivity index (χ1) is 28.2. The van der Waals surface area contributed by atoms with E-state index in [0.29, 0.717) is 17.5 Å². The van der Waals surface area contributed by atoms with Gasteiger partial charge < -0.3 is 13.4 Å². The van der Waals surface area contributed by atoms with Gasteiger partial charge in [-0.15, -0.1) is 0 Å². The Morgan fingerprint density at radius 3 is 1.61 bits per heavy atom. The maximum atomic E-state index is 6.81. The Morgan fingerprint density at radius 1 is 0.351 bits per heavy atom. The Kier molecular flexibility index (Phi) is 6.83. The fourth-order valence-electron chi connectivity index (χ4n) is 8.47. The molecular weight excluding hydrogens is 701 g/mol. The summed E-state index contributed by atoms with van der Waals surface area (Å²) in [6.45, 7) is 0. The highest BCUT2D eigenvalue weighted by Gasteiger charge is 2.20. The average molecular weight is 731 g/mol. The Balaban J connectivity index is 0.999. The third-order valence-electron chi connectivity index (χ3n) is 11.1. The van der Waals surface area contributed by atoms with Crippen molar-refractivity contribution >= 4 is 65.7 Å². The molecule has 0 aliphatic heterocycles. The summed E-state index contributed by atoms with van der Waals surface area (Å²) in [5, 5.41) is 6.64. The number of hydrogen-bond acceptors (Lipinski definition) is 5. The largest absolute Gasteiger partial charge is 0.456 e. The van der Waals surface area contributed by atoms with Crippen LogP contribution in [0.2, 0.25) is 0 Å². The number of benzene rings is 8. The van der Waals surface area contributed by atoms with Gasteiger partial charge in [-0.2, -0.15) is 0 Å². The van der Waals surface area contributed by atoms with Gasteiger partial charge in [0.05, 0.1) is 11.0 Å². The summed E-state index contributed by atoms with van der Waals surface area (Å²) in [4.78, 5) is 14.8.